The van der Waals surface area contributed by atoms with Crippen molar-refractivity contribution in [2.45, 2.75) is 56.5 Å². The molecule has 3 aromatic rings. The largest absolute Gasteiger partial charge is 0.329 e. The number of carbonyl (C=O) groups is 1. The number of pyridine rings is 1. The molecule has 1 aromatic heterocycles. The maximum atomic E-state index is 14.0. The average molecular weight is 480 g/mol. The van der Waals surface area contributed by atoms with Gasteiger partial charge in [0.1, 0.15) is 0 Å². The van der Waals surface area contributed by atoms with E-state index in [1.165, 1.54) is 33.6 Å². The Morgan fingerprint density at radius 1 is 1.03 bits per heavy atom. The van der Waals surface area contributed by atoms with E-state index < -0.39 is 10.0 Å². The van der Waals surface area contributed by atoms with Gasteiger partial charge in [0.05, 0.1) is 16.5 Å². The molecule has 0 aliphatic heterocycles. The number of nitrogens with one attached hydrogen (secondary N) is 1. The number of benzene rings is 2. The van der Waals surface area contributed by atoms with Crippen LogP contribution >= 0.6 is 0 Å². The van der Waals surface area contributed by atoms with Gasteiger partial charge in [-0.3, -0.25) is 9.59 Å². The van der Waals surface area contributed by atoms with Crippen LogP contribution < -0.4 is 5.56 Å². The van der Waals surface area contributed by atoms with E-state index in [1.54, 1.807) is 19.9 Å². The number of sulfonamides is 1. The molecule has 0 saturated heterocycles. The molecule has 5 rings (SSSR count). The topological polar surface area (TPSA) is 90.5 Å². The van der Waals surface area contributed by atoms with E-state index in [1.807, 2.05) is 17.0 Å². The van der Waals surface area contributed by atoms with Gasteiger partial charge >= 0.3 is 0 Å². The highest BCUT2D eigenvalue weighted by molar-refractivity contribution is 7.89. The van der Waals surface area contributed by atoms with Crippen LogP contribution in [0.3, 0.4) is 0 Å². The summed E-state index contributed by atoms with van der Waals surface area (Å²) >= 11 is 0. The minimum atomic E-state index is -3.71. The number of aromatic nitrogens is 1. The van der Waals surface area contributed by atoms with Crippen molar-refractivity contribution < 1.29 is 13.2 Å². The first-order valence-electron chi connectivity index (χ1n) is 11.9. The van der Waals surface area contributed by atoms with Gasteiger partial charge in [-0.25, -0.2) is 8.42 Å². The molecule has 34 heavy (non-hydrogen) atoms. The summed E-state index contributed by atoms with van der Waals surface area (Å²) in [5.41, 5.74) is 2.76. The fourth-order valence-corrected chi connectivity index (χ4v) is 6.64. The van der Waals surface area contributed by atoms with Crippen molar-refractivity contribution in [2.24, 2.45) is 0 Å². The summed E-state index contributed by atoms with van der Waals surface area (Å²) in [7, 11) is -3.71. The Balaban J connectivity index is 1.62. The standard InChI is InChI=1S/C26H29N3O4S/c1-3-28(4-2)34(32,33)19-12-13-23-21(15-19)22(16-25(30)27-23)26(31)29(18-10-11-18)24-14-9-17-7-5-6-8-20(17)24/h5-8,12-13,15-16,18,24H,3-4,9-11,14H2,1-2H3,(H,27,30). The van der Waals surface area contributed by atoms with E-state index in [9.17, 15) is 18.0 Å². The quantitative estimate of drug-likeness (QED) is 0.557. The first-order chi connectivity index (χ1) is 16.3. The van der Waals surface area contributed by atoms with Crippen LogP contribution in [0.1, 0.15) is 60.6 Å². The normalized spacial score (nSPS) is 17.8. The van der Waals surface area contributed by atoms with E-state index >= 15 is 0 Å². The van der Waals surface area contributed by atoms with Crippen LogP contribution in [0, 0.1) is 0 Å². The van der Waals surface area contributed by atoms with Crippen LogP contribution in [0.25, 0.3) is 10.9 Å². The summed E-state index contributed by atoms with van der Waals surface area (Å²) in [6.45, 7) is 4.29. The lowest BCUT2D eigenvalue weighted by atomic mass is 10.0. The second kappa shape index (κ2) is 8.67. The maximum absolute atomic E-state index is 14.0. The zero-order valence-electron chi connectivity index (χ0n) is 19.5. The van der Waals surface area contributed by atoms with Crippen LogP contribution in [0.2, 0.25) is 0 Å². The molecule has 2 aliphatic carbocycles. The molecule has 0 radical (unpaired) electrons. The zero-order chi connectivity index (χ0) is 24.0. The van der Waals surface area contributed by atoms with Gasteiger partial charge in [0.2, 0.25) is 15.6 Å². The number of hydrogen-bond acceptors (Lipinski definition) is 4. The van der Waals surface area contributed by atoms with Crippen molar-refractivity contribution in [3.63, 3.8) is 0 Å². The Morgan fingerprint density at radius 2 is 1.76 bits per heavy atom. The third kappa shape index (κ3) is 3.84. The molecular weight excluding hydrogens is 450 g/mol. The summed E-state index contributed by atoms with van der Waals surface area (Å²) < 4.78 is 27.7. The number of nitrogens with zero attached hydrogens (tertiary/aromatic N) is 2. The predicted octanol–water partition coefficient (Wildman–Crippen LogP) is 3.85. The van der Waals surface area contributed by atoms with Gasteiger partial charge in [-0.1, -0.05) is 38.1 Å². The van der Waals surface area contributed by atoms with E-state index in [4.69, 9.17) is 0 Å². The Hall–Kier alpha value is -2.97. The van der Waals surface area contributed by atoms with E-state index in [2.05, 4.69) is 17.1 Å². The Kier molecular flexibility index (Phi) is 5.81. The third-order valence-corrected chi connectivity index (χ3v) is 9.05. The van der Waals surface area contributed by atoms with Crippen molar-refractivity contribution in [3.05, 3.63) is 75.6 Å². The Labute approximate surface area is 199 Å². The fourth-order valence-electron chi connectivity index (χ4n) is 5.16. The van der Waals surface area contributed by atoms with E-state index in [-0.39, 0.29) is 34.0 Å². The van der Waals surface area contributed by atoms with Gasteiger partial charge in [-0.05, 0) is 55.0 Å². The second-order valence-electron chi connectivity index (χ2n) is 9.04. The van der Waals surface area contributed by atoms with Crippen LogP contribution in [0.15, 0.2) is 58.2 Å². The molecule has 0 bridgehead atoms. The summed E-state index contributed by atoms with van der Waals surface area (Å²) in [5.74, 6) is -0.210. The summed E-state index contributed by atoms with van der Waals surface area (Å²) in [4.78, 5) is 31.3. The molecule has 1 heterocycles. The molecule has 1 fully saturated rings. The van der Waals surface area contributed by atoms with Gasteiger partial charge in [-0.2, -0.15) is 4.31 Å². The number of aryl methyl sites for hydroxylation is 1. The lowest BCUT2D eigenvalue weighted by Gasteiger charge is -2.30. The van der Waals surface area contributed by atoms with Crippen molar-refractivity contribution in [3.8, 4) is 0 Å². The Morgan fingerprint density at radius 3 is 2.47 bits per heavy atom. The number of aromatic amines is 1. The van der Waals surface area contributed by atoms with Crippen molar-refractivity contribution in [1.29, 1.82) is 0 Å². The van der Waals surface area contributed by atoms with Crippen LogP contribution in [-0.4, -0.2) is 47.6 Å². The van der Waals surface area contributed by atoms with Gasteiger partial charge in [0.25, 0.3) is 5.91 Å². The number of fused-ring (bicyclic) bond motifs is 2. The molecule has 1 saturated carbocycles. The third-order valence-electron chi connectivity index (χ3n) is 7.00. The van der Waals surface area contributed by atoms with Gasteiger partial charge in [0.15, 0.2) is 0 Å². The van der Waals surface area contributed by atoms with Crippen molar-refractivity contribution in [2.75, 3.05) is 13.1 Å². The first-order valence-corrected chi connectivity index (χ1v) is 13.4. The smallest absolute Gasteiger partial charge is 0.255 e. The molecule has 1 atom stereocenters. The van der Waals surface area contributed by atoms with Crippen LogP contribution in [0.5, 0.6) is 0 Å². The predicted molar refractivity (Wildman–Crippen MR) is 131 cm³/mol. The summed E-state index contributed by atoms with van der Waals surface area (Å²) in [6, 6.07) is 14.2. The first kappa shape index (κ1) is 22.8. The lowest BCUT2D eigenvalue weighted by molar-refractivity contribution is 0.0660. The molecule has 0 spiro atoms. The van der Waals surface area contributed by atoms with E-state index in [0.717, 1.165) is 25.7 Å². The minimum Gasteiger partial charge on any atom is -0.329 e. The van der Waals surface area contributed by atoms with Gasteiger partial charge < -0.3 is 9.88 Å². The highest BCUT2D eigenvalue weighted by Gasteiger charge is 2.41. The second-order valence-corrected chi connectivity index (χ2v) is 11.0. The highest BCUT2D eigenvalue weighted by atomic mass is 32.2. The summed E-state index contributed by atoms with van der Waals surface area (Å²) in [6.07, 6.45) is 3.64. The number of carbonyl (C=O) groups excluding carboxylic acids is 1. The molecule has 2 aliphatic rings. The molecule has 1 N–H and O–H groups in total. The summed E-state index contributed by atoms with van der Waals surface area (Å²) in [5, 5.41) is 0.453. The SMILES string of the molecule is CCN(CC)S(=O)(=O)c1ccc2[nH]c(=O)cc(C(=O)N(C3CC3)C3CCc4ccccc43)c2c1. The average Bonchev–Trinajstić information content (AvgIpc) is 3.58. The molecule has 1 unspecified atom stereocenters. The van der Waals surface area contributed by atoms with Crippen LogP contribution in [0.4, 0.5) is 0 Å². The molecule has 178 valence electrons. The van der Waals surface area contributed by atoms with Gasteiger partial charge in [0, 0.05) is 36.1 Å². The molecule has 8 heteroatoms. The molecular formula is C26H29N3O4S. The maximum Gasteiger partial charge on any atom is 0.255 e. The van der Waals surface area contributed by atoms with Gasteiger partial charge in [-0.15, -0.1) is 0 Å². The highest BCUT2D eigenvalue weighted by Crippen LogP contribution is 2.43. The van der Waals surface area contributed by atoms with Crippen molar-refractivity contribution >= 4 is 26.8 Å². The number of amides is 1. The number of hydrogen-bond donors (Lipinski definition) is 1. The van der Waals surface area contributed by atoms with E-state index in [0.29, 0.717) is 24.0 Å². The minimum absolute atomic E-state index is 0.0341. The molecule has 1 amide bonds. The number of H-pyrrole nitrogens is 1. The lowest BCUT2D eigenvalue weighted by Crippen LogP contribution is -2.36. The Bertz CT molecular complexity index is 1420. The zero-order valence-corrected chi connectivity index (χ0v) is 20.3. The van der Waals surface area contributed by atoms with Crippen molar-refractivity contribution in [1.82, 2.24) is 14.2 Å². The fraction of sp³-hybridized carbons (Fsp3) is 0.385. The molecule has 2 aromatic carbocycles. The van der Waals surface area contributed by atoms with Crippen LogP contribution in [-0.2, 0) is 16.4 Å². The monoisotopic (exact) mass is 479 g/mol. The number of rotatable bonds is 7. The molecule has 7 nitrogen and oxygen atoms in total.